The molecule has 0 heterocycles. The molecule has 0 radical (unpaired) electrons. The van der Waals surface area contributed by atoms with Crippen LogP contribution in [-0.4, -0.2) is 0 Å². The number of halogens is 2. The smallest absolute Gasteiger partial charge is 0.156 e. The van der Waals surface area contributed by atoms with Crippen LogP contribution in [0.25, 0.3) is 0 Å². The zero-order valence-corrected chi connectivity index (χ0v) is 17.3. The maximum absolute atomic E-state index is 6.42. The average molecular weight is 400 g/mol. The lowest BCUT2D eigenvalue weighted by Crippen LogP contribution is -2.02. The number of rotatable bonds is 6. The van der Waals surface area contributed by atoms with Crippen molar-refractivity contribution >= 4 is 28.9 Å². The Hall–Kier alpha value is -2.16. The zero-order chi connectivity index (χ0) is 19.4. The molecule has 0 spiro atoms. The van der Waals surface area contributed by atoms with E-state index in [0.29, 0.717) is 28.9 Å². The fourth-order valence-electron chi connectivity index (χ4n) is 2.90. The summed E-state index contributed by atoms with van der Waals surface area (Å²) in [7, 11) is 0. The van der Waals surface area contributed by atoms with Crippen LogP contribution in [0, 0.1) is 20.8 Å². The molecule has 0 bridgehead atoms. The summed E-state index contributed by atoms with van der Waals surface area (Å²) < 4.78 is 5.86. The molecule has 3 aromatic rings. The molecule has 0 aliphatic heterocycles. The van der Waals surface area contributed by atoms with Crippen LogP contribution in [0.3, 0.4) is 0 Å². The normalized spacial score (nSPS) is 10.7. The lowest BCUT2D eigenvalue weighted by Gasteiger charge is -2.14. The van der Waals surface area contributed by atoms with Crippen LogP contribution in [0.5, 0.6) is 5.75 Å². The summed E-state index contributed by atoms with van der Waals surface area (Å²) in [6.07, 6.45) is 0. The van der Waals surface area contributed by atoms with Gasteiger partial charge in [0.15, 0.2) is 5.75 Å². The molecule has 0 aromatic heterocycles. The molecule has 27 heavy (non-hydrogen) atoms. The van der Waals surface area contributed by atoms with Gasteiger partial charge in [0.2, 0.25) is 0 Å². The maximum atomic E-state index is 6.42. The van der Waals surface area contributed by atoms with Crippen molar-refractivity contribution in [2.75, 3.05) is 5.32 Å². The van der Waals surface area contributed by atoms with E-state index in [4.69, 9.17) is 27.9 Å². The van der Waals surface area contributed by atoms with Gasteiger partial charge in [-0.3, -0.25) is 0 Å². The highest BCUT2D eigenvalue weighted by Crippen LogP contribution is 2.35. The highest BCUT2D eigenvalue weighted by Gasteiger charge is 2.11. The van der Waals surface area contributed by atoms with E-state index in [9.17, 15) is 0 Å². The minimum absolute atomic E-state index is 0.430. The van der Waals surface area contributed by atoms with Crippen molar-refractivity contribution in [1.82, 2.24) is 0 Å². The standard InChI is InChI=1S/C23H23Cl2NO/c1-15-4-7-18(8-5-15)14-27-23-20(24)11-19(12-21(23)25)13-26-22-9-6-16(2)10-17(22)3/h4-12,26H,13-14H2,1-3H3. The molecule has 0 unspecified atom stereocenters. The highest BCUT2D eigenvalue weighted by atomic mass is 35.5. The first-order chi connectivity index (χ1) is 12.9. The van der Waals surface area contributed by atoms with E-state index in [1.807, 2.05) is 24.3 Å². The van der Waals surface area contributed by atoms with Crippen molar-refractivity contribution in [2.45, 2.75) is 33.9 Å². The van der Waals surface area contributed by atoms with Gasteiger partial charge >= 0.3 is 0 Å². The Balaban J connectivity index is 1.67. The quantitative estimate of drug-likeness (QED) is 0.476. The van der Waals surface area contributed by atoms with E-state index >= 15 is 0 Å². The number of aryl methyl sites for hydroxylation is 3. The monoisotopic (exact) mass is 399 g/mol. The number of hydrogen-bond acceptors (Lipinski definition) is 2. The molecule has 0 atom stereocenters. The van der Waals surface area contributed by atoms with Gasteiger partial charge in [0, 0.05) is 12.2 Å². The van der Waals surface area contributed by atoms with E-state index in [-0.39, 0.29) is 0 Å². The lowest BCUT2D eigenvalue weighted by atomic mass is 10.1. The molecule has 0 saturated heterocycles. The van der Waals surface area contributed by atoms with E-state index < -0.39 is 0 Å². The van der Waals surface area contributed by atoms with Crippen LogP contribution in [0.1, 0.15) is 27.8 Å². The van der Waals surface area contributed by atoms with Crippen molar-refractivity contribution in [3.05, 3.63) is 92.5 Å². The molecule has 0 aliphatic rings. The van der Waals surface area contributed by atoms with Crippen LogP contribution in [0.2, 0.25) is 10.0 Å². The minimum Gasteiger partial charge on any atom is -0.486 e. The molecular weight excluding hydrogens is 377 g/mol. The zero-order valence-electron chi connectivity index (χ0n) is 15.8. The third-order valence-corrected chi connectivity index (χ3v) is 4.99. The Bertz CT molecular complexity index is 913. The molecular formula is C23H23Cl2NO. The van der Waals surface area contributed by atoms with Gasteiger partial charge in [-0.25, -0.2) is 0 Å². The number of hydrogen-bond donors (Lipinski definition) is 1. The fourth-order valence-corrected chi connectivity index (χ4v) is 3.54. The van der Waals surface area contributed by atoms with Crippen molar-refractivity contribution < 1.29 is 4.74 Å². The van der Waals surface area contributed by atoms with Gasteiger partial charge in [-0.05, 0) is 55.7 Å². The van der Waals surface area contributed by atoms with Crippen LogP contribution in [-0.2, 0) is 13.2 Å². The Morgan fingerprint density at radius 3 is 2.04 bits per heavy atom. The van der Waals surface area contributed by atoms with Crippen molar-refractivity contribution in [2.24, 2.45) is 0 Å². The summed E-state index contributed by atoms with van der Waals surface area (Å²) in [5, 5.41) is 4.48. The fraction of sp³-hybridized carbons (Fsp3) is 0.217. The first kappa shape index (κ1) is 19.6. The first-order valence-electron chi connectivity index (χ1n) is 8.90. The van der Waals surface area contributed by atoms with Gasteiger partial charge in [0.05, 0.1) is 10.0 Å². The molecule has 2 nitrogen and oxygen atoms in total. The van der Waals surface area contributed by atoms with Crippen molar-refractivity contribution in [3.8, 4) is 5.75 Å². The Labute approximate surface area is 171 Å². The van der Waals surface area contributed by atoms with Crippen LogP contribution in [0.4, 0.5) is 5.69 Å². The SMILES string of the molecule is Cc1ccc(COc2c(Cl)cc(CNc3ccc(C)cc3C)cc2Cl)cc1. The third-order valence-electron chi connectivity index (χ3n) is 4.43. The van der Waals surface area contributed by atoms with Crippen LogP contribution < -0.4 is 10.1 Å². The second kappa shape index (κ2) is 8.69. The lowest BCUT2D eigenvalue weighted by molar-refractivity contribution is 0.306. The van der Waals surface area contributed by atoms with Gasteiger partial charge < -0.3 is 10.1 Å². The van der Waals surface area contributed by atoms with E-state index in [1.54, 1.807) is 0 Å². The largest absolute Gasteiger partial charge is 0.486 e. The Kier molecular flexibility index (Phi) is 6.30. The number of benzene rings is 3. The van der Waals surface area contributed by atoms with Crippen molar-refractivity contribution in [1.29, 1.82) is 0 Å². The molecule has 0 fully saturated rings. The van der Waals surface area contributed by atoms with E-state index in [2.05, 4.69) is 56.4 Å². The number of ether oxygens (including phenoxy) is 1. The van der Waals surface area contributed by atoms with Gasteiger partial charge in [-0.2, -0.15) is 0 Å². The van der Waals surface area contributed by atoms with Gasteiger partial charge in [0.1, 0.15) is 6.61 Å². The second-order valence-electron chi connectivity index (χ2n) is 6.83. The van der Waals surface area contributed by atoms with Crippen LogP contribution in [0.15, 0.2) is 54.6 Å². The summed E-state index contributed by atoms with van der Waals surface area (Å²) in [4.78, 5) is 0. The molecule has 3 rings (SSSR count). The molecule has 140 valence electrons. The molecule has 4 heteroatoms. The van der Waals surface area contributed by atoms with Crippen molar-refractivity contribution in [3.63, 3.8) is 0 Å². The van der Waals surface area contributed by atoms with Gasteiger partial charge in [-0.1, -0.05) is 70.7 Å². The topological polar surface area (TPSA) is 21.3 Å². The second-order valence-corrected chi connectivity index (χ2v) is 7.65. The average Bonchev–Trinajstić information content (AvgIpc) is 2.62. The minimum atomic E-state index is 0.430. The Morgan fingerprint density at radius 2 is 1.41 bits per heavy atom. The Morgan fingerprint density at radius 1 is 0.778 bits per heavy atom. The predicted octanol–water partition coefficient (Wildman–Crippen LogP) is 7.11. The van der Waals surface area contributed by atoms with Gasteiger partial charge in [-0.15, -0.1) is 0 Å². The van der Waals surface area contributed by atoms with E-state index in [0.717, 1.165) is 16.8 Å². The maximum Gasteiger partial charge on any atom is 0.156 e. The molecule has 0 aliphatic carbocycles. The van der Waals surface area contributed by atoms with E-state index in [1.165, 1.54) is 16.7 Å². The predicted molar refractivity (Wildman–Crippen MR) is 115 cm³/mol. The summed E-state index contributed by atoms with van der Waals surface area (Å²) >= 11 is 12.8. The van der Waals surface area contributed by atoms with Gasteiger partial charge in [0.25, 0.3) is 0 Å². The highest BCUT2D eigenvalue weighted by molar-refractivity contribution is 6.37. The first-order valence-corrected chi connectivity index (χ1v) is 9.65. The summed E-state index contributed by atoms with van der Waals surface area (Å²) in [6, 6.07) is 18.3. The summed E-state index contributed by atoms with van der Waals surface area (Å²) in [5.74, 6) is 0.522. The summed E-state index contributed by atoms with van der Waals surface area (Å²) in [5.41, 5.74) is 6.87. The van der Waals surface area contributed by atoms with Crippen LogP contribution >= 0.6 is 23.2 Å². The number of nitrogens with one attached hydrogen (secondary N) is 1. The summed E-state index contributed by atoms with van der Waals surface area (Å²) in [6.45, 7) is 7.31. The molecule has 3 aromatic carbocycles. The molecule has 1 N–H and O–H groups in total. The molecule has 0 saturated carbocycles. The molecule has 0 amide bonds. The number of anilines is 1. The third kappa shape index (κ3) is 5.18.